The van der Waals surface area contributed by atoms with Crippen LogP contribution in [0.1, 0.15) is 63.1 Å². The van der Waals surface area contributed by atoms with Crippen LogP contribution in [0.15, 0.2) is 18.2 Å². The number of rotatable bonds is 2. The molecule has 1 heterocycles. The summed E-state index contributed by atoms with van der Waals surface area (Å²) in [6.45, 7) is 8.75. The Labute approximate surface area is 124 Å². The molecule has 0 amide bonds. The minimum absolute atomic E-state index is 0.0684. The first-order valence-electron chi connectivity index (χ1n) is 7.49. The molecule has 0 bridgehead atoms. The molecule has 1 aromatic heterocycles. The van der Waals surface area contributed by atoms with Crippen LogP contribution >= 0.6 is 0 Å². The normalized spacial score (nSPS) is 17.7. The van der Waals surface area contributed by atoms with E-state index in [4.69, 9.17) is 10.1 Å². The number of benzene rings is 1. The predicted octanol–water partition coefficient (Wildman–Crippen LogP) is 3.93. The van der Waals surface area contributed by atoms with E-state index in [9.17, 15) is 4.79 Å². The summed E-state index contributed by atoms with van der Waals surface area (Å²) < 4.78 is 2.34. The van der Waals surface area contributed by atoms with Gasteiger partial charge in [0.1, 0.15) is 5.82 Å². The molecule has 0 atom stereocenters. The number of aromatic nitrogens is 2. The molecule has 0 spiro atoms. The quantitative estimate of drug-likeness (QED) is 0.910. The summed E-state index contributed by atoms with van der Waals surface area (Å²) in [6, 6.07) is 5.27. The maximum Gasteiger partial charge on any atom is 0.335 e. The maximum atomic E-state index is 11.2. The summed E-state index contributed by atoms with van der Waals surface area (Å²) in [5.74, 6) is 0.140. The molecule has 0 radical (unpaired) electrons. The zero-order valence-corrected chi connectivity index (χ0v) is 13.1. The Kier molecular flexibility index (Phi) is 2.91. The maximum absolute atomic E-state index is 11.2. The first kappa shape index (κ1) is 14.1. The van der Waals surface area contributed by atoms with E-state index in [-0.39, 0.29) is 11.0 Å². The van der Waals surface area contributed by atoms with Gasteiger partial charge in [-0.1, -0.05) is 20.8 Å². The predicted molar refractivity (Wildman–Crippen MR) is 82.9 cm³/mol. The van der Waals surface area contributed by atoms with Gasteiger partial charge in [0.05, 0.1) is 16.6 Å². The van der Waals surface area contributed by atoms with Gasteiger partial charge in [-0.15, -0.1) is 0 Å². The summed E-state index contributed by atoms with van der Waals surface area (Å²) in [5.41, 5.74) is 2.18. The zero-order chi connectivity index (χ0) is 15.4. The van der Waals surface area contributed by atoms with E-state index < -0.39 is 5.97 Å². The van der Waals surface area contributed by atoms with E-state index in [2.05, 4.69) is 32.3 Å². The van der Waals surface area contributed by atoms with Crippen molar-refractivity contribution in [2.75, 3.05) is 0 Å². The van der Waals surface area contributed by atoms with E-state index in [0.29, 0.717) is 5.56 Å². The standard InChI is InChI=1S/C17H22N2O2/c1-16(2,3)15-18-12-10-11(14(20)21)6-7-13(12)19(15)17(4)8-5-9-17/h6-7,10H,5,8-9H2,1-4H3,(H,20,21). The van der Waals surface area contributed by atoms with Crippen LogP contribution in [0.4, 0.5) is 0 Å². The molecule has 0 saturated heterocycles. The van der Waals surface area contributed by atoms with Crippen LogP contribution in [0, 0.1) is 0 Å². The van der Waals surface area contributed by atoms with Gasteiger partial charge < -0.3 is 9.67 Å². The average Bonchev–Trinajstić information content (AvgIpc) is 2.74. The van der Waals surface area contributed by atoms with Gasteiger partial charge in [0, 0.05) is 11.0 Å². The Morgan fingerprint density at radius 1 is 1.33 bits per heavy atom. The molecule has 112 valence electrons. The van der Waals surface area contributed by atoms with Crippen LogP contribution in [-0.4, -0.2) is 20.6 Å². The minimum atomic E-state index is -0.904. The zero-order valence-electron chi connectivity index (χ0n) is 13.1. The first-order valence-corrected chi connectivity index (χ1v) is 7.49. The second-order valence-corrected chi connectivity index (χ2v) is 7.38. The van der Waals surface area contributed by atoms with Crippen molar-refractivity contribution < 1.29 is 9.90 Å². The van der Waals surface area contributed by atoms with Crippen molar-refractivity contribution in [3.05, 3.63) is 29.6 Å². The lowest BCUT2D eigenvalue weighted by Crippen LogP contribution is -2.40. The van der Waals surface area contributed by atoms with E-state index >= 15 is 0 Å². The van der Waals surface area contributed by atoms with E-state index in [0.717, 1.165) is 29.7 Å². The monoisotopic (exact) mass is 286 g/mol. The molecule has 4 heteroatoms. The molecule has 1 aliphatic carbocycles. The fourth-order valence-corrected chi connectivity index (χ4v) is 3.17. The Morgan fingerprint density at radius 3 is 2.48 bits per heavy atom. The van der Waals surface area contributed by atoms with Gasteiger partial charge in [-0.2, -0.15) is 0 Å². The van der Waals surface area contributed by atoms with Gasteiger partial charge in [0.2, 0.25) is 0 Å². The lowest BCUT2D eigenvalue weighted by atomic mass is 9.77. The lowest BCUT2D eigenvalue weighted by molar-refractivity contribution is 0.0697. The number of hydrogen-bond acceptors (Lipinski definition) is 2. The molecule has 3 rings (SSSR count). The van der Waals surface area contributed by atoms with Crippen LogP contribution in [0.2, 0.25) is 0 Å². The fraction of sp³-hybridized carbons (Fsp3) is 0.529. The largest absolute Gasteiger partial charge is 0.478 e. The number of carboxylic acids is 1. The molecule has 1 saturated carbocycles. The second-order valence-electron chi connectivity index (χ2n) is 7.38. The third-order valence-corrected chi connectivity index (χ3v) is 4.54. The topological polar surface area (TPSA) is 55.1 Å². The highest BCUT2D eigenvalue weighted by molar-refractivity contribution is 5.92. The highest BCUT2D eigenvalue weighted by Gasteiger charge is 2.39. The number of hydrogen-bond donors (Lipinski definition) is 1. The molecular formula is C17H22N2O2. The number of aromatic carboxylic acids is 1. The number of carbonyl (C=O) groups is 1. The van der Waals surface area contributed by atoms with E-state index in [1.54, 1.807) is 12.1 Å². The number of fused-ring (bicyclic) bond motifs is 1. The van der Waals surface area contributed by atoms with Crippen LogP contribution in [0.3, 0.4) is 0 Å². The summed E-state index contributed by atoms with van der Waals surface area (Å²) in [6.07, 6.45) is 3.55. The van der Waals surface area contributed by atoms with Gasteiger partial charge in [0.25, 0.3) is 0 Å². The van der Waals surface area contributed by atoms with Crippen LogP contribution in [-0.2, 0) is 11.0 Å². The van der Waals surface area contributed by atoms with Crippen molar-refractivity contribution in [2.24, 2.45) is 0 Å². The molecule has 0 unspecified atom stereocenters. The van der Waals surface area contributed by atoms with Crippen molar-refractivity contribution in [1.82, 2.24) is 9.55 Å². The minimum Gasteiger partial charge on any atom is -0.478 e. The summed E-state index contributed by atoms with van der Waals surface area (Å²) in [4.78, 5) is 15.9. The highest BCUT2D eigenvalue weighted by atomic mass is 16.4. The number of imidazole rings is 1. The molecule has 4 nitrogen and oxygen atoms in total. The lowest BCUT2D eigenvalue weighted by Gasteiger charge is -2.43. The van der Waals surface area contributed by atoms with Gasteiger partial charge in [-0.3, -0.25) is 0 Å². The molecule has 1 fully saturated rings. The van der Waals surface area contributed by atoms with Crippen molar-refractivity contribution in [3.8, 4) is 0 Å². The second kappa shape index (κ2) is 4.33. The molecule has 1 N–H and O–H groups in total. The average molecular weight is 286 g/mol. The summed E-state index contributed by atoms with van der Waals surface area (Å²) >= 11 is 0. The third kappa shape index (κ3) is 2.13. The van der Waals surface area contributed by atoms with Gasteiger partial charge in [0.15, 0.2) is 0 Å². The summed E-state index contributed by atoms with van der Waals surface area (Å²) in [7, 11) is 0. The third-order valence-electron chi connectivity index (χ3n) is 4.54. The van der Waals surface area contributed by atoms with Crippen molar-refractivity contribution >= 4 is 17.0 Å². The Bertz CT molecular complexity index is 718. The Hall–Kier alpha value is -1.84. The summed E-state index contributed by atoms with van der Waals surface area (Å²) in [5, 5.41) is 9.16. The van der Waals surface area contributed by atoms with E-state index in [1.165, 1.54) is 6.42 Å². The van der Waals surface area contributed by atoms with Gasteiger partial charge >= 0.3 is 5.97 Å². The Balaban J connectivity index is 2.29. The van der Waals surface area contributed by atoms with Crippen LogP contribution in [0.5, 0.6) is 0 Å². The van der Waals surface area contributed by atoms with E-state index in [1.807, 2.05) is 6.07 Å². The van der Waals surface area contributed by atoms with Gasteiger partial charge in [-0.25, -0.2) is 9.78 Å². The number of nitrogens with zero attached hydrogens (tertiary/aromatic N) is 2. The molecule has 1 aromatic carbocycles. The number of carboxylic acid groups (broad SMARTS) is 1. The molecule has 1 aliphatic rings. The SMILES string of the molecule is CC(C)(C)c1nc2cc(C(=O)O)ccc2n1C1(C)CCC1. The van der Waals surface area contributed by atoms with Crippen LogP contribution in [0.25, 0.3) is 11.0 Å². The van der Waals surface area contributed by atoms with Gasteiger partial charge in [-0.05, 0) is 44.4 Å². The molecule has 2 aromatic rings. The Morgan fingerprint density at radius 2 is 2.00 bits per heavy atom. The first-order chi connectivity index (χ1) is 9.72. The van der Waals surface area contributed by atoms with Crippen molar-refractivity contribution in [1.29, 1.82) is 0 Å². The van der Waals surface area contributed by atoms with Crippen LogP contribution < -0.4 is 0 Å². The molecule has 21 heavy (non-hydrogen) atoms. The van der Waals surface area contributed by atoms with Crippen molar-refractivity contribution in [3.63, 3.8) is 0 Å². The molecular weight excluding hydrogens is 264 g/mol. The smallest absolute Gasteiger partial charge is 0.335 e. The fourth-order valence-electron chi connectivity index (χ4n) is 3.17. The highest BCUT2D eigenvalue weighted by Crippen LogP contribution is 2.43. The molecule has 0 aliphatic heterocycles. The van der Waals surface area contributed by atoms with Crippen molar-refractivity contribution in [2.45, 2.75) is 57.9 Å².